The summed E-state index contributed by atoms with van der Waals surface area (Å²) in [6, 6.07) is 19.3. The van der Waals surface area contributed by atoms with Gasteiger partial charge in [-0.3, -0.25) is 0 Å². The van der Waals surface area contributed by atoms with E-state index in [0.717, 1.165) is 119 Å². The first kappa shape index (κ1) is 102. The SMILES string of the molecule is CCCCCCCCCCCCCCCCCCc1cc2c(OCCO)c(c1)Cc1cc(CCCCCCCCCCCCCCCCCC)cc(c1OCCO)Cc1cc(CCCCCCCCCCCCCCCCCC)cc(c1OCCO)Cc1cc(CCCCCCCCCCCCCCCCCC)cc(c1OCCO)C2. The average Bonchev–Trinajstić information content (AvgIpc) is 0.774. The Morgan fingerprint density at radius 1 is 0.172 bits per heavy atom. The normalized spacial score (nSPS) is 12.2. The molecule has 0 spiro atoms. The van der Waals surface area contributed by atoms with Gasteiger partial charge in [0.2, 0.25) is 0 Å². The lowest BCUT2D eigenvalue weighted by Crippen LogP contribution is -2.13. The number of rotatable bonds is 80. The second-order valence-corrected chi connectivity index (χ2v) is 36.2. The Morgan fingerprint density at radius 2 is 0.284 bits per heavy atom. The highest BCUT2D eigenvalue weighted by atomic mass is 16.5. The van der Waals surface area contributed by atoms with Crippen LogP contribution in [-0.2, 0) is 51.4 Å². The number of benzene rings is 4. The van der Waals surface area contributed by atoms with Crippen molar-refractivity contribution in [2.75, 3.05) is 52.9 Å². The molecule has 0 saturated carbocycles. The molecule has 0 saturated heterocycles. The molecular formula is C108H184O8. The van der Waals surface area contributed by atoms with Gasteiger partial charge in [0.15, 0.2) is 0 Å². The lowest BCUT2D eigenvalue weighted by Gasteiger charge is -2.25. The summed E-state index contributed by atoms with van der Waals surface area (Å²) in [7, 11) is 0. The molecule has 8 bridgehead atoms. The van der Waals surface area contributed by atoms with Crippen molar-refractivity contribution in [3.8, 4) is 23.0 Å². The van der Waals surface area contributed by atoms with Crippen LogP contribution in [0.2, 0.25) is 0 Å². The van der Waals surface area contributed by atoms with Gasteiger partial charge in [0.1, 0.15) is 49.4 Å². The van der Waals surface area contributed by atoms with E-state index in [1.54, 1.807) is 0 Å². The van der Waals surface area contributed by atoms with Gasteiger partial charge in [-0.2, -0.15) is 0 Å². The van der Waals surface area contributed by atoms with E-state index < -0.39 is 0 Å². The highest BCUT2D eigenvalue weighted by Crippen LogP contribution is 2.42. The Hall–Kier alpha value is -4.08. The Kier molecular flexibility index (Phi) is 64.1. The second kappa shape index (κ2) is 72.5. The quantitative estimate of drug-likeness (QED) is 0.0284. The Labute approximate surface area is 716 Å². The van der Waals surface area contributed by atoms with Crippen molar-refractivity contribution in [1.82, 2.24) is 0 Å². The van der Waals surface area contributed by atoms with Crippen molar-refractivity contribution < 1.29 is 39.4 Å². The summed E-state index contributed by atoms with van der Waals surface area (Å²) in [6.45, 7) is 9.49. The highest BCUT2D eigenvalue weighted by molar-refractivity contribution is 5.59. The fourth-order valence-electron chi connectivity index (χ4n) is 18.6. The number of aliphatic hydroxyl groups excluding tert-OH is 4. The molecule has 0 radical (unpaired) electrons. The van der Waals surface area contributed by atoms with Gasteiger partial charge >= 0.3 is 0 Å². The molecule has 4 aromatic rings. The van der Waals surface area contributed by atoms with E-state index in [-0.39, 0.29) is 52.9 Å². The molecule has 5 rings (SSSR count). The predicted molar refractivity (Wildman–Crippen MR) is 500 cm³/mol. The maximum Gasteiger partial charge on any atom is 0.126 e. The van der Waals surface area contributed by atoms with E-state index in [1.165, 1.54) is 408 Å². The number of aliphatic hydroxyl groups is 4. The Bertz CT molecular complexity index is 2450. The van der Waals surface area contributed by atoms with E-state index in [2.05, 4.69) is 76.2 Å². The summed E-state index contributed by atoms with van der Waals surface area (Å²) in [6.07, 6.45) is 91.8. The van der Waals surface area contributed by atoms with Crippen LogP contribution in [0.5, 0.6) is 23.0 Å². The maximum absolute atomic E-state index is 10.7. The van der Waals surface area contributed by atoms with Gasteiger partial charge in [-0.15, -0.1) is 0 Å². The minimum Gasteiger partial charge on any atom is -0.491 e. The van der Waals surface area contributed by atoms with E-state index in [0.29, 0.717) is 25.7 Å². The number of fused-ring (bicyclic) bond motifs is 8. The lowest BCUT2D eigenvalue weighted by molar-refractivity contribution is 0.197. The number of unbranched alkanes of at least 4 members (excludes halogenated alkanes) is 60. The third-order valence-electron chi connectivity index (χ3n) is 25.4. The van der Waals surface area contributed by atoms with Gasteiger partial charge in [0, 0.05) is 25.7 Å². The molecule has 4 aromatic carbocycles. The zero-order chi connectivity index (χ0) is 82.3. The number of hydrogen-bond donors (Lipinski definition) is 4. The highest BCUT2D eigenvalue weighted by Gasteiger charge is 2.26. The van der Waals surface area contributed by atoms with E-state index in [1.807, 2.05) is 0 Å². The van der Waals surface area contributed by atoms with Crippen molar-refractivity contribution in [3.05, 3.63) is 115 Å². The van der Waals surface area contributed by atoms with E-state index in [9.17, 15) is 20.4 Å². The second-order valence-electron chi connectivity index (χ2n) is 36.2. The predicted octanol–water partition coefficient (Wildman–Crippen LogP) is 31.1. The van der Waals surface area contributed by atoms with Gasteiger partial charge in [-0.1, -0.05) is 461 Å². The molecule has 664 valence electrons. The minimum absolute atomic E-state index is 0.104. The summed E-state index contributed by atoms with van der Waals surface area (Å²) in [5.41, 5.74) is 13.9. The van der Waals surface area contributed by atoms with E-state index >= 15 is 0 Å². The summed E-state index contributed by atoms with van der Waals surface area (Å²) >= 11 is 0. The molecular weight excluding hydrogens is 1430 g/mol. The van der Waals surface area contributed by atoms with Gasteiger partial charge in [-0.05, 0) is 118 Å². The fraction of sp³-hybridized carbons (Fsp3) is 0.778. The molecule has 8 nitrogen and oxygen atoms in total. The van der Waals surface area contributed by atoms with Crippen molar-refractivity contribution in [3.63, 3.8) is 0 Å². The number of hydrogen-bond acceptors (Lipinski definition) is 8. The van der Waals surface area contributed by atoms with Crippen molar-refractivity contribution in [2.45, 2.75) is 490 Å². The molecule has 8 heteroatoms. The first-order valence-corrected chi connectivity index (χ1v) is 50.9. The standard InChI is InChI=1S/C108H184O8/c1-5-9-13-17-21-25-29-33-37-41-45-49-53-57-61-65-69-93-81-97-89-99-83-94(70-66-62-58-54-50-46-42-38-34-30-26-22-18-14-10-6-2)85-101(106(99)114-78-74-110)91-103-87-96(72-68-64-60-56-52-48-44-40-36-32-28-24-20-16-12-8-4)88-104(108(103)116-80-76-112)92-102-86-95(71-67-63-59-55-51-47-43-39-35-31-27-23-19-15-11-7-3)84-100(107(102)115-79-75-111)90-98(82-93)105(97)113-77-73-109/h81-88,109-112H,5-80,89-92H2,1-4H3. The van der Waals surface area contributed by atoms with Crippen LogP contribution in [0, 0.1) is 0 Å². The van der Waals surface area contributed by atoms with Gasteiger partial charge in [0.05, 0.1) is 26.4 Å². The van der Waals surface area contributed by atoms with Crippen LogP contribution in [0.25, 0.3) is 0 Å². The molecule has 0 fully saturated rings. The molecule has 0 amide bonds. The smallest absolute Gasteiger partial charge is 0.126 e. The molecule has 1 aliphatic rings. The van der Waals surface area contributed by atoms with Gasteiger partial charge < -0.3 is 39.4 Å². The van der Waals surface area contributed by atoms with E-state index in [4.69, 9.17) is 18.9 Å². The largest absolute Gasteiger partial charge is 0.491 e. The van der Waals surface area contributed by atoms with Crippen LogP contribution in [-0.4, -0.2) is 73.3 Å². The molecule has 0 heterocycles. The number of ether oxygens (including phenoxy) is 4. The van der Waals surface area contributed by atoms with Crippen molar-refractivity contribution >= 4 is 0 Å². The molecule has 0 unspecified atom stereocenters. The van der Waals surface area contributed by atoms with Crippen LogP contribution in [0.1, 0.15) is 505 Å². The summed E-state index contributed by atoms with van der Waals surface area (Å²) < 4.78 is 27.9. The lowest BCUT2D eigenvalue weighted by atomic mass is 9.86. The molecule has 0 aromatic heterocycles. The monoisotopic (exact) mass is 1610 g/mol. The average molecular weight is 1610 g/mol. The zero-order valence-corrected chi connectivity index (χ0v) is 76.6. The Morgan fingerprint density at radius 3 is 0.397 bits per heavy atom. The molecule has 0 aliphatic heterocycles. The van der Waals surface area contributed by atoms with Crippen LogP contribution in [0.3, 0.4) is 0 Å². The Balaban J connectivity index is 1.52. The van der Waals surface area contributed by atoms with Crippen LogP contribution in [0.15, 0.2) is 48.5 Å². The summed E-state index contributed by atoms with van der Waals surface area (Å²) in [4.78, 5) is 0. The third-order valence-corrected chi connectivity index (χ3v) is 25.4. The molecule has 4 N–H and O–H groups in total. The van der Waals surface area contributed by atoms with Crippen LogP contribution >= 0.6 is 0 Å². The third kappa shape index (κ3) is 48.5. The number of aryl methyl sites for hydroxylation is 4. The molecule has 0 atom stereocenters. The summed E-state index contributed by atoms with van der Waals surface area (Å²) in [5.74, 6) is 3.28. The maximum atomic E-state index is 10.7. The fourth-order valence-corrected chi connectivity index (χ4v) is 18.6. The first-order chi connectivity index (χ1) is 57.4. The first-order valence-electron chi connectivity index (χ1n) is 50.9. The molecule has 116 heavy (non-hydrogen) atoms. The summed E-state index contributed by atoms with van der Waals surface area (Å²) in [5, 5.41) is 42.9. The van der Waals surface area contributed by atoms with Crippen LogP contribution in [0.4, 0.5) is 0 Å². The molecule has 1 aliphatic carbocycles. The minimum atomic E-state index is -0.104. The van der Waals surface area contributed by atoms with Gasteiger partial charge in [-0.25, -0.2) is 0 Å². The van der Waals surface area contributed by atoms with Crippen molar-refractivity contribution in [1.29, 1.82) is 0 Å². The van der Waals surface area contributed by atoms with Crippen molar-refractivity contribution in [2.24, 2.45) is 0 Å². The topological polar surface area (TPSA) is 118 Å². The zero-order valence-electron chi connectivity index (χ0n) is 76.6. The van der Waals surface area contributed by atoms with Crippen LogP contribution < -0.4 is 18.9 Å². The van der Waals surface area contributed by atoms with Gasteiger partial charge in [0.25, 0.3) is 0 Å².